The maximum atomic E-state index is 12.2. The monoisotopic (exact) mass is 276 g/mol. The second-order valence-electron chi connectivity index (χ2n) is 5.44. The smallest absolute Gasteiger partial charge is 0.303 e. The maximum absolute atomic E-state index is 12.2. The Balaban J connectivity index is 2.14. The van der Waals surface area contributed by atoms with Crippen molar-refractivity contribution in [3.05, 3.63) is 0 Å². The minimum atomic E-state index is -3.37. The van der Waals surface area contributed by atoms with Gasteiger partial charge in [0.25, 0.3) is 10.2 Å². The highest BCUT2D eigenvalue weighted by molar-refractivity contribution is 7.86. The van der Waals surface area contributed by atoms with Crippen molar-refractivity contribution in [1.29, 1.82) is 0 Å². The van der Waals surface area contributed by atoms with E-state index in [4.69, 9.17) is 5.11 Å². The molecule has 0 saturated carbocycles. The van der Waals surface area contributed by atoms with Crippen LogP contribution in [0.5, 0.6) is 0 Å². The van der Waals surface area contributed by atoms with Crippen molar-refractivity contribution in [3.63, 3.8) is 0 Å². The van der Waals surface area contributed by atoms with Crippen LogP contribution < -0.4 is 0 Å². The van der Waals surface area contributed by atoms with E-state index in [0.717, 1.165) is 12.8 Å². The van der Waals surface area contributed by atoms with Crippen molar-refractivity contribution in [2.24, 2.45) is 5.92 Å². The van der Waals surface area contributed by atoms with Crippen LogP contribution in [0.25, 0.3) is 0 Å². The molecule has 2 aliphatic rings. The number of nitrogens with zero attached hydrogens (tertiary/aromatic N) is 2. The van der Waals surface area contributed by atoms with E-state index in [1.807, 2.05) is 0 Å². The minimum absolute atomic E-state index is 0.0134. The SMILES string of the molecule is CN(C)S(=O)(=O)N1C2CCC1CC(CC(=O)O)C2. The number of piperidine rings is 1. The van der Waals surface area contributed by atoms with Crippen molar-refractivity contribution >= 4 is 16.2 Å². The topological polar surface area (TPSA) is 77.9 Å². The molecule has 0 aromatic heterocycles. The Kier molecular flexibility index (Phi) is 3.66. The molecule has 2 fully saturated rings. The second-order valence-corrected chi connectivity index (χ2v) is 7.49. The third kappa shape index (κ3) is 2.39. The molecule has 2 heterocycles. The van der Waals surface area contributed by atoms with Gasteiger partial charge in [0, 0.05) is 32.6 Å². The van der Waals surface area contributed by atoms with Gasteiger partial charge in [0.2, 0.25) is 0 Å². The van der Waals surface area contributed by atoms with Crippen molar-refractivity contribution in [3.8, 4) is 0 Å². The minimum Gasteiger partial charge on any atom is -0.481 e. The largest absolute Gasteiger partial charge is 0.481 e. The predicted molar refractivity (Wildman–Crippen MR) is 66.2 cm³/mol. The zero-order valence-electron chi connectivity index (χ0n) is 10.7. The first-order valence-corrected chi connectivity index (χ1v) is 7.65. The fourth-order valence-corrected chi connectivity index (χ4v) is 4.74. The molecule has 2 aliphatic heterocycles. The Labute approximate surface area is 108 Å². The zero-order valence-corrected chi connectivity index (χ0v) is 11.6. The average molecular weight is 276 g/mol. The summed E-state index contributed by atoms with van der Waals surface area (Å²) in [5.41, 5.74) is 0. The molecule has 0 radical (unpaired) electrons. The number of hydrogen-bond donors (Lipinski definition) is 1. The third-order valence-electron chi connectivity index (χ3n) is 3.95. The Morgan fingerprint density at radius 2 is 1.78 bits per heavy atom. The van der Waals surface area contributed by atoms with Crippen LogP contribution in [0.2, 0.25) is 0 Å². The van der Waals surface area contributed by atoms with Gasteiger partial charge >= 0.3 is 5.97 Å². The molecule has 0 aliphatic carbocycles. The Hall–Kier alpha value is -0.660. The van der Waals surface area contributed by atoms with Gasteiger partial charge in [0.15, 0.2) is 0 Å². The highest BCUT2D eigenvalue weighted by Gasteiger charge is 2.47. The molecule has 2 atom stereocenters. The summed E-state index contributed by atoms with van der Waals surface area (Å²) in [5, 5.41) is 8.83. The average Bonchev–Trinajstić information content (AvgIpc) is 2.51. The van der Waals surface area contributed by atoms with Gasteiger partial charge in [-0.15, -0.1) is 0 Å². The van der Waals surface area contributed by atoms with Crippen LogP contribution >= 0.6 is 0 Å². The van der Waals surface area contributed by atoms with E-state index in [2.05, 4.69) is 0 Å². The van der Waals surface area contributed by atoms with Crippen molar-refractivity contribution in [2.45, 2.75) is 44.2 Å². The summed E-state index contributed by atoms with van der Waals surface area (Å²) in [6, 6.07) is -0.0269. The lowest BCUT2D eigenvalue weighted by atomic mass is 9.90. The van der Waals surface area contributed by atoms with Gasteiger partial charge in [-0.2, -0.15) is 17.0 Å². The number of carboxylic acids is 1. The number of fused-ring (bicyclic) bond motifs is 2. The molecule has 18 heavy (non-hydrogen) atoms. The maximum Gasteiger partial charge on any atom is 0.303 e. The van der Waals surface area contributed by atoms with Gasteiger partial charge in [-0.1, -0.05) is 0 Å². The van der Waals surface area contributed by atoms with Crippen molar-refractivity contribution in [2.75, 3.05) is 14.1 Å². The molecule has 1 N–H and O–H groups in total. The van der Waals surface area contributed by atoms with E-state index in [1.165, 1.54) is 18.4 Å². The van der Waals surface area contributed by atoms with Crippen LogP contribution in [-0.4, -0.2) is 54.3 Å². The van der Waals surface area contributed by atoms with Crippen LogP contribution in [0.4, 0.5) is 0 Å². The van der Waals surface area contributed by atoms with Crippen LogP contribution in [0, 0.1) is 5.92 Å². The Morgan fingerprint density at radius 3 is 2.17 bits per heavy atom. The first-order chi connectivity index (χ1) is 8.32. The molecule has 6 nitrogen and oxygen atoms in total. The predicted octanol–water partition coefficient (Wildman–Crippen LogP) is 0.510. The van der Waals surface area contributed by atoms with Gasteiger partial charge in [0.1, 0.15) is 0 Å². The molecule has 2 rings (SSSR count). The van der Waals surface area contributed by atoms with Gasteiger partial charge in [-0.25, -0.2) is 0 Å². The van der Waals surface area contributed by atoms with Gasteiger partial charge in [-0.3, -0.25) is 4.79 Å². The summed E-state index contributed by atoms with van der Waals surface area (Å²) < 4.78 is 27.3. The highest BCUT2D eigenvalue weighted by atomic mass is 32.2. The van der Waals surface area contributed by atoms with E-state index in [0.29, 0.717) is 12.8 Å². The molecular formula is C11H20N2O4S. The first kappa shape index (κ1) is 13.8. The zero-order chi connectivity index (χ0) is 13.5. The molecule has 7 heteroatoms. The molecule has 104 valence electrons. The van der Waals surface area contributed by atoms with Crippen LogP contribution in [0.1, 0.15) is 32.1 Å². The molecule has 2 unspecified atom stereocenters. The van der Waals surface area contributed by atoms with Crippen LogP contribution in [0.3, 0.4) is 0 Å². The fraction of sp³-hybridized carbons (Fsp3) is 0.909. The van der Waals surface area contributed by atoms with Gasteiger partial charge in [-0.05, 0) is 31.6 Å². The van der Waals surface area contributed by atoms with Gasteiger partial charge < -0.3 is 5.11 Å². The molecule has 0 spiro atoms. The van der Waals surface area contributed by atoms with E-state index < -0.39 is 16.2 Å². The van der Waals surface area contributed by atoms with Gasteiger partial charge in [0.05, 0.1) is 0 Å². The van der Waals surface area contributed by atoms with E-state index in [-0.39, 0.29) is 24.4 Å². The Morgan fingerprint density at radius 1 is 1.28 bits per heavy atom. The normalized spacial score (nSPS) is 32.9. The van der Waals surface area contributed by atoms with E-state index >= 15 is 0 Å². The third-order valence-corrected chi connectivity index (χ3v) is 6.01. The molecule has 0 amide bonds. The standard InChI is InChI=1S/C11H20N2O4S/c1-12(2)18(16,17)13-9-3-4-10(13)6-8(5-9)7-11(14)15/h8-10H,3-7H2,1-2H3,(H,14,15). The van der Waals surface area contributed by atoms with Crippen LogP contribution in [-0.2, 0) is 15.0 Å². The van der Waals surface area contributed by atoms with E-state index in [9.17, 15) is 13.2 Å². The molecule has 0 aromatic carbocycles. The molecule has 2 saturated heterocycles. The van der Waals surface area contributed by atoms with E-state index in [1.54, 1.807) is 4.31 Å². The summed E-state index contributed by atoms with van der Waals surface area (Å²) in [7, 11) is -0.289. The summed E-state index contributed by atoms with van der Waals surface area (Å²) in [5.74, 6) is -0.670. The van der Waals surface area contributed by atoms with Crippen molar-refractivity contribution < 1.29 is 18.3 Å². The Bertz CT molecular complexity index is 420. The number of rotatable bonds is 4. The summed E-state index contributed by atoms with van der Waals surface area (Å²) in [6.45, 7) is 0. The molecule has 2 bridgehead atoms. The number of hydrogen-bond acceptors (Lipinski definition) is 3. The van der Waals surface area contributed by atoms with Crippen molar-refractivity contribution in [1.82, 2.24) is 8.61 Å². The quantitative estimate of drug-likeness (QED) is 0.811. The number of carbonyl (C=O) groups is 1. The summed E-state index contributed by atoms with van der Waals surface area (Å²) in [6.07, 6.45) is 3.22. The lowest BCUT2D eigenvalue weighted by Crippen LogP contribution is -2.50. The lowest BCUT2D eigenvalue weighted by Gasteiger charge is -2.38. The second kappa shape index (κ2) is 4.79. The first-order valence-electron chi connectivity index (χ1n) is 6.25. The summed E-state index contributed by atoms with van der Waals surface area (Å²) >= 11 is 0. The highest BCUT2D eigenvalue weighted by Crippen LogP contribution is 2.41. The van der Waals surface area contributed by atoms with Crippen LogP contribution in [0.15, 0.2) is 0 Å². The molecule has 0 aromatic rings. The summed E-state index contributed by atoms with van der Waals surface area (Å²) in [4.78, 5) is 10.7. The number of aliphatic carboxylic acids is 1. The lowest BCUT2D eigenvalue weighted by molar-refractivity contribution is -0.138. The molecular weight excluding hydrogens is 256 g/mol. The fourth-order valence-electron chi connectivity index (χ4n) is 3.23. The number of carboxylic acid groups (broad SMARTS) is 1.